The number of methoxy groups -OCH3 is 1. The molecule has 3 N–H and O–H groups in total. The second kappa shape index (κ2) is 10.1. The molecule has 3 aliphatic rings. The van der Waals surface area contributed by atoms with E-state index in [0.717, 1.165) is 0 Å². The van der Waals surface area contributed by atoms with Gasteiger partial charge in [-0.3, -0.25) is 19.2 Å². The standard InChI is InChI=1S/C31H32N2O8/c1-15-26(36)24(17(3)34)28-25(27(15)37)31(4)22(41-28)14-21(35)23(29(31)38)16(2)32-19-10-12-33(13-11-19)30(39)18-6-8-20(40-5)9-7-18/h6-9,14,19,32,36-37H,10-13H2,1-5H3. The Kier molecular flexibility index (Phi) is 6.89. The number of hydrogen-bond donors (Lipinski definition) is 3. The van der Waals surface area contributed by atoms with Crippen molar-refractivity contribution in [3.63, 3.8) is 0 Å². The summed E-state index contributed by atoms with van der Waals surface area (Å²) in [5, 5.41) is 24.8. The van der Waals surface area contributed by atoms with Gasteiger partial charge in [0.15, 0.2) is 17.3 Å². The molecule has 0 saturated carbocycles. The Labute approximate surface area is 237 Å². The number of nitrogens with one attached hydrogen (secondary N) is 1. The van der Waals surface area contributed by atoms with Crippen molar-refractivity contribution in [3.8, 4) is 23.0 Å². The van der Waals surface area contributed by atoms with Crippen LogP contribution in [0.2, 0.25) is 0 Å². The Hall–Kier alpha value is -4.60. The zero-order valence-corrected chi connectivity index (χ0v) is 23.6. The molecule has 0 radical (unpaired) electrons. The Balaban J connectivity index is 1.38. The second-order valence-electron chi connectivity index (χ2n) is 10.8. The Morgan fingerprint density at radius 3 is 2.29 bits per heavy atom. The Morgan fingerprint density at radius 1 is 1.07 bits per heavy atom. The van der Waals surface area contributed by atoms with Gasteiger partial charge in [-0.1, -0.05) is 0 Å². The lowest BCUT2D eigenvalue weighted by Crippen LogP contribution is -2.46. The van der Waals surface area contributed by atoms with Crippen LogP contribution >= 0.6 is 0 Å². The highest BCUT2D eigenvalue weighted by atomic mass is 16.5. The zero-order valence-electron chi connectivity index (χ0n) is 23.6. The van der Waals surface area contributed by atoms with Gasteiger partial charge in [-0.2, -0.15) is 0 Å². The van der Waals surface area contributed by atoms with Gasteiger partial charge in [0.1, 0.15) is 39.7 Å². The number of fused-ring (bicyclic) bond motifs is 3. The highest BCUT2D eigenvalue weighted by Gasteiger charge is 2.56. The van der Waals surface area contributed by atoms with Gasteiger partial charge >= 0.3 is 0 Å². The number of Topliss-reactive ketones (excluding diaryl/α,β-unsaturated/α-hetero) is 2. The number of carbonyl (C=O) groups is 4. The maximum Gasteiger partial charge on any atom is 0.253 e. The fraction of sp³-hybridized carbons (Fsp3) is 0.355. The van der Waals surface area contributed by atoms with E-state index in [-0.39, 0.29) is 51.5 Å². The van der Waals surface area contributed by atoms with Crippen molar-refractivity contribution in [2.45, 2.75) is 52.0 Å². The first-order valence-electron chi connectivity index (χ1n) is 13.4. The van der Waals surface area contributed by atoms with Crippen LogP contribution in [0.5, 0.6) is 23.0 Å². The third-order valence-electron chi connectivity index (χ3n) is 8.30. The third kappa shape index (κ3) is 4.34. The van der Waals surface area contributed by atoms with E-state index in [1.54, 1.807) is 43.2 Å². The van der Waals surface area contributed by atoms with Crippen LogP contribution < -0.4 is 14.8 Å². The molecule has 2 aromatic rings. The molecule has 0 spiro atoms. The first-order chi connectivity index (χ1) is 19.4. The first kappa shape index (κ1) is 27.9. The summed E-state index contributed by atoms with van der Waals surface area (Å²) in [4.78, 5) is 54.3. The lowest BCUT2D eigenvalue weighted by molar-refractivity contribution is -0.123. The average molecular weight is 561 g/mol. The largest absolute Gasteiger partial charge is 0.507 e. The molecule has 1 saturated heterocycles. The molecule has 2 aromatic carbocycles. The number of phenolic OH excluding ortho intramolecular Hbond substituents is 2. The molecule has 0 aromatic heterocycles. The maximum atomic E-state index is 14.0. The van der Waals surface area contributed by atoms with E-state index in [9.17, 15) is 29.4 Å². The van der Waals surface area contributed by atoms with Crippen LogP contribution in [0.25, 0.3) is 0 Å². The number of piperidine rings is 1. The van der Waals surface area contributed by atoms with E-state index in [0.29, 0.717) is 42.9 Å². The molecule has 10 nitrogen and oxygen atoms in total. The van der Waals surface area contributed by atoms with Gasteiger partial charge in [0.2, 0.25) is 0 Å². The van der Waals surface area contributed by atoms with Gasteiger partial charge in [0, 0.05) is 42.0 Å². The van der Waals surface area contributed by atoms with E-state index in [1.165, 1.54) is 26.8 Å². The number of likely N-dealkylation sites (tertiary alicyclic amines) is 1. The number of hydrogen-bond acceptors (Lipinski definition) is 9. The fourth-order valence-electron chi connectivity index (χ4n) is 5.88. The van der Waals surface area contributed by atoms with Crippen LogP contribution in [0.3, 0.4) is 0 Å². The number of carbonyl (C=O) groups excluding carboxylic acids is 4. The number of phenols is 2. The van der Waals surface area contributed by atoms with Crippen molar-refractivity contribution in [1.29, 1.82) is 0 Å². The summed E-state index contributed by atoms with van der Waals surface area (Å²) >= 11 is 0. The van der Waals surface area contributed by atoms with Gasteiger partial charge in [-0.05, 0) is 64.8 Å². The highest BCUT2D eigenvalue weighted by molar-refractivity contribution is 6.31. The minimum atomic E-state index is -1.57. The predicted molar refractivity (Wildman–Crippen MR) is 148 cm³/mol. The SMILES string of the molecule is COc1ccc(C(=O)N2CCC(NC(C)=C3C(=O)C=C4Oc5c(C(C)=O)c(O)c(C)c(O)c5C4(C)C3=O)CC2)cc1. The quantitative estimate of drug-likeness (QED) is 0.285. The van der Waals surface area contributed by atoms with E-state index < -0.39 is 28.5 Å². The van der Waals surface area contributed by atoms with Gasteiger partial charge in [0.05, 0.1) is 18.2 Å². The lowest BCUT2D eigenvalue weighted by Gasteiger charge is -2.34. The number of ketones is 3. The van der Waals surface area contributed by atoms with Crippen LogP contribution in [-0.2, 0) is 15.0 Å². The molecule has 10 heteroatoms. The van der Waals surface area contributed by atoms with E-state index in [1.807, 2.05) is 0 Å². The normalized spacial score (nSPS) is 21.5. The number of benzene rings is 2. The summed E-state index contributed by atoms with van der Waals surface area (Å²) in [6.07, 6.45) is 2.43. The smallest absolute Gasteiger partial charge is 0.253 e. The van der Waals surface area contributed by atoms with Crippen LogP contribution in [0, 0.1) is 6.92 Å². The predicted octanol–water partition coefficient (Wildman–Crippen LogP) is 3.47. The molecule has 214 valence electrons. The molecule has 1 atom stereocenters. The molecule has 1 aliphatic carbocycles. The zero-order chi connectivity index (χ0) is 29.8. The van der Waals surface area contributed by atoms with Crippen molar-refractivity contribution in [1.82, 2.24) is 10.2 Å². The fourth-order valence-corrected chi connectivity index (χ4v) is 5.88. The number of rotatable bonds is 5. The van der Waals surface area contributed by atoms with Crippen molar-refractivity contribution in [2.75, 3.05) is 20.2 Å². The average Bonchev–Trinajstić information content (AvgIpc) is 3.24. The summed E-state index contributed by atoms with van der Waals surface area (Å²) in [5.41, 5.74) is -0.737. The minimum absolute atomic E-state index is 0.00722. The molecule has 0 bridgehead atoms. The third-order valence-corrected chi connectivity index (χ3v) is 8.30. The summed E-state index contributed by atoms with van der Waals surface area (Å²) in [5.74, 6) is -1.96. The summed E-state index contributed by atoms with van der Waals surface area (Å²) in [7, 11) is 1.57. The number of ether oxygens (including phenoxy) is 2. The van der Waals surface area contributed by atoms with Crippen molar-refractivity contribution >= 4 is 23.3 Å². The van der Waals surface area contributed by atoms with Gasteiger partial charge in [0.25, 0.3) is 5.91 Å². The highest BCUT2D eigenvalue weighted by Crippen LogP contribution is 2.57. The second-order valence-corrected chi connectivity index (χ2v) is 10.8. The van der Waals surface area contributed by atoms with Crippen LogP contribution in [0.4, 0.5) is 0 Å². The molecule has 1 amide bonds. The van der Waals surface area contributed by atoms with Gasteiger partial charge < -0.3 is 29.9 Å². The maximum absolute atomic E-state index is 14.0. The van der Waals surface area contributed by atoms with Crippen LogP contribution in [0.1, 0.15) is 65.5 Å². The number of amides is 1. The lowest BCUT2D eigenvalue weighted by atomic mass is 9.70. The number of allylic oxidation sites excluding steroid dienone is 4. The summed E-state index contributed by atoms with van der Waals surface area (Å²) < 4.78 is 11.0. The van der Waals surface area contributed by atoms with E-state index in [4.69, 9.17) is 9.47 Å². The summed E-state index contributed by atoms with van der Waals surface area (Å²) in [6.45, 7) is 6.88. The number of aromatic hydroxyl groups is 2. The van der Waals surface area contributed by atoms with E-state index >= 15 is 0 Å². The minimum Gasteiger partial charge on any atom is -0.507 e. The molecular weight excluding hydrogens is 528 g/mol. The van der Waals surface area contributed by atoms with Gasteiger partial charge in [-0.15, -0.1) is 0 Å². The van der Waals surface area contributed by atoms with Crippen molar-refractivity contribution in [3.05, 3.63) is 69.6 Å². The summed E-state index contributed by atoms with van der Waals surface area (Å²) in [6, 6.07) is 6.87. The van der Waals surface area contributed by atoms with E-state index in [2.05, 4.69) is 5.32 Å². The number of nitrogens with zero attached hydrogens (tertiary/aromatic N) is 1. The molecule has 2 heterocycles. The molecular formula is C31H32N2O8. The molecule has 5 rings (SSSR count). The Morgan fingerprint density at radius 2 is 1.71 bits per heavy atom. The van der Waals surface area contributed by atoms with Gasteiger partial charge in [-0.25, -0.2) is 0 Å². The monoisotopic (exact) mass is 560 g/mol. The van der Waals surface area contributed by atoms with Crippen LogP contribution in [0.15, 0.2) is 47.4 Å². The molecule has 41 heavy (non-hydrogen) atoms. The van der Waals surface area contributed by atoms with Crippen molar-refractivity contribution < 1.29 is 38.9 Å². The Bertz CT molecular complexity index is 1560. The molecule has 1 unspecified atom stereocenters. The van der Waals surface area contributed by atoms with Crippen LogP contribution in [-0.4, -0.2) is 64.6 Å². The topological polar surface area (TPSA) is 142 Å². The van der Waals surface area contributed by atoms with Crippen molar-refractivity contribution in [2.24, 2.45) is 0 Å². The molecule has 1 fully saturated rings. The molecule has 2 aliphatic heterocycles. The first-order valence-corrected chi connectivity index (χ1v) is 13.4.